The van der Waals surface area contributed by atoms with Crippen LogP contribution in [0.2, 0.25) is 0 Å². The van der Waals surface area contributed by atoms with Gasteiger partial charge < -0.3 is 5.73 Å². The van der Waals surface area contributed by atoms with Crippen LogP contribution in [0.4, 0.5) is 0 Å². The Hall–Kier alpha value is -1.65. The van der Waals surface area contributed by atoms with E-state index in [1.54, 1.807) is 19.9 Å². The molecule has 1 amide bonds. The fourth-order valence-corrected chi connectivity index (χ4v) is 1.27. The first-order valence-electron chi connectivity index (χ1n) is 4.34. The molecule has 0 aromatic carbocycles. The number of rotatable bonds is 3. The maximum atomic E-state index is 11.4. The molecule has 0 aliphatic heterocycles. The third-order valence-corrected chi connectivity index (χ3v) is 1.93. The van der Waals surface area contributed by atoms with Gasteiger partial charge in [0.2, 0.25) is 5.91 Å². The van der Waals surface area contributed by atoms with Crippen LogP contribution in [0, 0.1) is 13.8 Å². The second-order valence-electron chi connectivity index (χ2n) is 3.19. The number of primary amides is 1. The van der Waals surface area contributed by atoms with Crippen molar-refractivity contribution < 1.29 is 4.79 Å². The van der Waals surface area contributed by atoms with Gasteiger partial charge in [0.25, 0.3) is 0 Å². The summed E-state index contributed by atoms with van der Waals surface area (Å²) in [5.74, 6) is -0.420. The minimum absolute atomic E-state index is 0.158. The Kier molecular flexibility index (Phi) is 3.01. The molecule has 0 atom stereocenters. The molecule has 1 rings (SSSR count). The summed E-state index contributed by atoms with van der Waals surface area (Å²) in [6, 6.07) is 1.79. The Balaban J connectivity index is 2.97. The number of aromatic nitrogens is 2. The maximum absolute atomic E-state index is 11.4. The summed E-state index contributed by atoms with van der Waals surface area (Å²) in [7, 11) is 0. The van der Waals surface area contributed by atoms with E-state index >= 15 is 0 Å². The minimum atomic E-state index is -0.420. The summed E-state index contributed by atoms with van der Waals surface area (Å²) in [5, 5.41) is 0. The van der Waals surface area contributed by atoms with Gasteiger partial charge in [-0.25, -0.2) is 4.79 Å². The van der Waals surface area contributed by atoms with Crippen LogP contribution < -0.4 is 11.4 Å². The summed E-state index contributed by atoms with van der Waals surface area (Å²) in [4.78, 5) is 25.7. The van der Waals surface area contributed by atoms with Gasteiger partial charge in [-0.3, -0.25) is 9.36 Å². The van der Waals surface area contributed by atoms with Crippen molar-refractivity contribution in [2.75, 3.05) is 0 Å². The number of carbonyl (C=O) groups excluding carboxylic acids is 1. The molecule has 1 aromatic rings. The average Bonchev–Trinajstić information content (AvgIpc) is 2.01. The standard InChI is InChI=1S/C9H13N3O2/c1-6-5-7(2)12(9(14)11-6)4-3-8(10)13/h5H,3-4H2,1-2H3,(H2,10,13). The highest BCUT2D eigenvalue weighted by atomic mass is 16.1. The molecule has 2 N–H and O–H groups in total. The van der Waals surface area contributed by atoms with Crippen LogP contribution in [0.15, 0.2) is 10.9 Å². The highest BCUT2D eigenvalue weighted by molar-refractivity contribution is 5.73. The Bertz CT molecular complexity index is 409. The molecule has 0 saturated heterocycles. The number of nitrogens with zero attached hydrogens (tertiary/aromatic N) is 2. The summed E-state index contributed by atoms with van der Waals surface area (Å²) in [6.45, 7) is 3.86. The Morgan fingerprint density at radius 1 is 1.57 bits per heavy atom. The summed E-state index contributed by atoms with van der Waals surface area (Å²) in [6.07, 6.45) is 0.158. The molecule has 0 radical (unpaired) electrons. The zero-order valence-corrected chi connectivity index (χ0v) is 8.28. The minimum Gasteiger partial charge on any atom is -0.370 e. The average molecular weight is 195 g/mol. The van der Waals surface area contributed by atoms with Crippen molar-refractivity contribution in [3.05, 3.63) is 27.9 Å². The van der Waals surface area contributed by atoms with E-state index in [1.165, 1.54) is 4.57 Å². The Morgan fingerprint density at radius 2 is 2.21 bits per heavy atom. The Labute approximate surface area is 81.6 Å². The van der Waals surface area contributed by atoms with Gasteiger partial charge in [-0.1, -0.05) is 0 Å². The topological polar surface area (TPSA) is 78.0 Å². The molecular weight excluding hydrogens is 182 g/mol. The van der Waals surface area contributed by atoms with Crippen molar-refractivity contribution in [1.82, 2.24) is 9.55 Å². The van der Waals surface area contributed by atoms with Gasteiger partial charge in [-0.05, 0) is 19.9 Å². The maximum Gasteiger partial charge on any atom is 0.347 e. The first-order chi connectivity index (χ1) is 6.50. The van der Waals surface area contributed by atoms with Gasteiger partial charge in [0.05, 0.1) is 0 Å². The first-order valence-corrected chi connectivity index (χ1v) is 4.34. The molecule has 0 spiro atoms. The molecule has 0 aliphatic rings. The molecule has 0 fully saturated rings. The molecule has 1 aromatic heterocycles. The van der Waals surface area contributed by atoms with Crippen LogP contribution >= 0.6 is 0 Å². The SMILES string of the molecule is Cc1cc(C)n(CCC(N)=O)c(=O)n1. The van der Waals surface area contributed by atoms with E-state index in [4.69, 9.17) is 5.73 Å². The molecule has 0 aliphatic carbocycles. The first kappa shape index (κ1) is 10.4. The van der Waals surface area contributed by atoms with Crippen LogP contribution in [-0.4, -0.2) is 15.5 Å². The van der Waals surface area contributed by atoms with Crippen molar-refractivity contribution in [3.8, 4) is 0 Å². The molecule has 1 heterocycles. The van der Waals surface area contributed by atoms with Crippen LogP contribution in [-0.2, 0) is 11.3 Å². The lowest BCUT2D eigenvalue weighted by Gasteiger charge is -2.07. The van der Waals surface area contributed by atoms with Crippen LogP contribution in [0.5, 0.6) is 0 Å². The lowest BCUT2D eigenvalue weighted by Crippen LogP contribution is -2.27. The van der Waals surface area contributed by atoms with E-state index in [9.17, 15) is 9.59 Å². The second-order valence-corrected chi connectivity index (χ2v) is 3.19. The molecule has 14 heavy (non-hydrogen) atoms. The van der Waals surface area contributed by atoms with E-state index in [2.05, 4.69) is 4.98 Å². The van der Waals surface area contributed by atoms with Crippen LogP contribution in [0.1, 0.15) is 17.8 Å². The summed E-state index contributed by atoms with van der Waals surface area (Å²) < 4.78 is 1.44. The second kappa shape index (κ2) is 4.04. The van der Waals surface area contributed by atoms with Gasteiger partial charge >= 0.3 is 5.69 Å². The number of amides is 1. The van der Waals surface area contributed by atoms with Crippen molar-refractivity contribution in [2.45, 2.75) is 26.8 Å². The van der Waals surface area contributed by atoms with Gasteiger partial charge in [-0.2, -0.15) is 4.98 Å². The number of nitrogens with two attached hydrogens (primary N) is 1. The van der Waals surface area contributed by atoms with Crippen molar-refractivity contribution >= 4 is 5.91 Å². The zero-order chi connectivity index (χ0) is 10.7. The van der Waals surface area contributed by atoms with E-state index < -0.39 is 5.91 Å². The molecule has 5 nitrogen and oxygen atoms in total. The molecule has 0 unspecified atom stereocenters. The predicted octanol–water partition coefficient (Wildman–Crippen LogP) is -0.264. The van der Waals surface area contributed by atoms with Crippen molar-refractivity contribution in [2.24, 2.45) is 5.73 Å². The van der Waals surface area contributed by atoms with Gasteiger partial charge in [-0.15, -0.1) is 0 Å². The van der Waals surface area contributed by atoms with E-state index in [1.807, 2.05) is 0 Å². The third kappa shape index (κ3) is 2.42. The molecule has 0 saturated carbocycles. The lowest BCUT2D eigenvalue weighted by atomic mass is 10.3. The highest BCUT2D eigenvalue weighted by Crippen LogP contribution is 1.97. The zero-order valence-electron chi connectivity index (χ0n) is 8.28. The van der Waals surface area contributed by atoms with Gasteiger partial charge in [0.15, 0.2) is 0 Å². The monoisotopic (exact) mass is 195 g/mol. The van der Waals surface area contributed by atoms with E-state index in [-0.39, 0.29) is 12.1 Å². The molecule has 76 valence electrons. The molecular formula is C9H13N3O2. The van der Waals surface area contributed by atoms with Gasteiger partial charge in [0, 0.05) is 24.4 Å². The fourth-order valence-electron chi connectivity index (χ4n) is 1.27. The van der Waals surface area contributed by atoms with Gasteiger partial charge in [0.1, 0.15) is 0 Å². The molecule has 0 bridgehead atoms. The number of hydrogen-bond donors (Lipinski definition) is 1. The lowest BCUT2D eigenvalue weighted by molar-refractivity contribution is -0.118. The molecule has 5 heteroatoms. The number of carbonyl (C=O) groups is 1. The highest BCUT2D eigenvalue weighted by Gasteiger charge is 2.03. The number of hydrogen-bond acceptors (Lipinski definition) is 3. The van der Waals surface area contributed by atoms with E-state index in [0.717, 1.165) is 5.69 Å². The largest absolute Gasteiger partial charge is 0.370 e. The smallest absolute Gasteiger partial charge is 0.347 e. The Morgan fingerprint density at radius 3 is 2.71 bits per heavy atom. The predicted molar refractivity (Wildman–Crippen MR) is 51.8 cm³/mol. The van der Waals surface area contributed by atoms with Crippen LogP contribution in [0.3, 0.4) is 0 Å². The summed E-state index contributed by atoms with van der Waals surface area (Å²) in [5.41, 5.74) is 6.14. The van der Waals surface area contributed by atoms with Crippen molar-refractivity contribution in [3.63, 3.8) is 0 Å². The van der Waals surface area contributed by atoms with Crippen molar-refractivity contribution in [1.29, 1.82) is 0 Å². The fraction of sp³-hybridized carbons (Fsp3) is 0.444. The number of aryl methyl sites for hydroxylation is 2. The summed E-state index contributed by atoms with van der Waals surface area (Å²) >= 11 is 0. The van der Waals surface area contributed by atoms with Crippen LogP contribution in [0.25, 0.3) is 0 Å². The van der Waals surface area contributed by atoms with E-state index in [0.29, 0.717) is 12.2 Å². The normalized spacial score (nSPS) is 10.1. The quantitative estimate of drug-likeness (QED) is 0.721. The third-order valence-electron chi connectivity index (χ3n) is 1.93.